The Morgan fingerprint density at radius 1 is 0.956 bits per heavy atom. The molecule has 11 heteroatoms. The summed E-state index contributed by atoms with van der Waals surface area (Å²) in [6.45, 7) is 14.6. The Morgan fingerprint density at radius 3 is 2.16 bits per heavy atom. The van der Waals surface area contributed by atoms with Crippen molar-refractivity contribution in [1.82, 2.24) is 9.21 Å². The van der Waals surface area contributed by atoms with Crippen molar-refractivity contribution >= 4 is 50.8 Å². The summed E-state index contributed by atoms with van der Waals surface area (Å²) in [7, 11) is -4.44. The molecule has 3 aromatic carbocycles. The maximum atomic E-state index is 15.3. The molecule has 0 fully saturated rings. The first-order valence-corrected chi connectivity index (χ1v) is 16.9. The molecule has 1 aliphatic rings. The van der Waals surface area contributed by atoms with Crippen molar-refractivity contribution in [3.05, 3.63) is 93.0 Å². The fraction of sp³-hybridized carbons (Fsp3) is 0.412. The molecule has 0 bridgehead atoms. The lowest BCUT2D eigenvalue weighted by atomic mass is 9.85. The molecule has 242 valence electrons. The summed E-state index contributed by atoms with van der Waals surface area (Å²) in [4.78, 5) is 28.6. The van der Waals surface area contributed by atoms with Gasteiger partial charge in [-0.3, -0.25) is 0 Å². The van der Waals surface area contributed by atoms with Gasteiger partial charge in [0.15, 0.2) is 6.10 Å². The fourth-order valence-corrected chi connectivity index (χ4v) is 7.60. The highest BCUT2D eigenvalue weighted by molar-refractivity contribution is 7.89. The van der Waals surface area contributed by atoms with Crippen LogP contribution in [0.4, 0.5) is 5.69 Å². The van der Waals surface area contributed by atoms with Gasteiger partial charge in [-0.25, -0.2) is 22.5 Å². The van der Waals surface area contributed by atoms with Crippen molar-refractivity contribution in [2.45, 2.75) is 78.7 Å². The predicted molar refractivity (Wildman–Crippen MR) is 178 cm³/mol. The Bertz CT molecular complexity index is 1750. The molecule has 4 rings (SSSR count). The van der Waals surface area contributed by atoms with Crippen LogP contribution in [0.3, 0.4) is 0 Å². The van der Waals surface area contributed by atoms with Gasteiger partial charge < -0.3 is 9.84 Å². The van der Waals surface area contributed by atoms with Gasteiger partial charge in [0.25, 0.3) is 6.17 Å². The summed E-state index contributed by atoms with van der Waals surface area (Å²) >= 11 is 13.3. The minimum absolute atomic E-state index is 0.0853. The third-order valence-electron chi connectivity index (χ3n) is 8.02. The van der Waals surface area contributed by atoms with E-state index in [1.807, 2.05) is 48.5 Å². The zero-order valence-electron chi connectivity index (χ0n) is 26.8. The Balaban J connectivity index is 2.12. The van der Waals surface area contributed by atoms with Crippen LogP contribution >= 0.6 is 23.2 Å². The highest BCUT2D eigenvalue weighted by Crippen LogP contribution is 2.49. The number of rotatable bonds is 7. The van der Waals surface area contributed by atoms with Crippen molar-refractivity contribution < 1.29 is 27.9 Å². The number of aliphatic carboxylic acids is 1. The lowest BCUT2D eigenvalue weighted by Crippen LogP contribution is -2.74. The summed E-state index contributed by atoms with van der Waals surface area (Å²) in [6.07, 6.45) is -4.09. The van der Waals surface area contributed by atoms with E-state index in [1.165, 1.54) is 12.1 Å². The predicted octanol–water partition coefficient (Wildman–Crippen LogP) is 7.41. The number of hydrogen-bond acceptors (Lipinski definition) is 5. The van der Waals surface area contributed by atoms with Crippen molar-refractivity contribution in [2.24, 2.45) is 10.8 Å². The normalized spacial score (nSPS) is 21.6. The van der Waals surface area contributed by atoms with Gasteiger partial charge >= 0.3 is 11.9 Å². The topological polar surface area (TPSA) is 110 Å². The smallest absolute Gasteiger partial charge is 0.381 e. The van der Waals surface area contributed by atoms with Gasteiger partial charge in [0, 0.05) is 38.1 Å². The van der Waals surface area contributed by atoms with Gasteiger partial charge in [0.05, 0.1) is 11.4 Å². The zero-order valence-corrected chi connectivity index (χ0v) is 29.1. The van der Waals surface area contributed by atoms with Crippen LogP contribution < -0.4 is 9.21 Å². The summed E-state index contributed by atoms with van der Waals surface area (Å²) in [5.41, 5.74) is 1.30. The van der Waals surface area contributed by atoms with E-state index in [0.717, 1.165) is 11.1 Å². The highest BCUT2D eigenvalue weighted by atomic mass is 35.5. The molecule has 0 radical (unpaired) electrons. The first kappa shape index (κ1) is 35.1. The number of aryl methyl sites for hydroxylation is 2. The Morgan fingerprint density at radius 2 is 1.60 bits per heavy atom. The number of sulfonamides is 1. The number of carbonyl (C=O) groups is 2. The summed E-state index contributed by atoms with van der Waals surface area (Å²) in [5.74, 6) is -2.13. The molecule has 2 unspecified atom stereocenters. The molecule has 1 aliphatic heterocycles. The van der Waals surface area contributed by atoms with Crippen LogP contribution in [0.1, 0.15) is 69.9 Å². The molecule has 8 nitrogen and oxygen atoms in total. The lowest BCUT2D eigenvalue weighted by molar-refractivity contribution is -0.162. The highest BCUT2D eigenvalue weighted by Gasteiger charge is 2.61. The number of benzene rings is 3. The van der Waals surface area contributed by atoms with Crippen LogP contribution in [0.25, 0.3) is 0 Å². The molecular weight excluding hydrogens is 635 g/mol. The average molecular weight is 677 g/mol. The second-order valence-corrected chi connectivity index (χ2v) is 16.6. The van der Waals surface area contributed by atoms with Gasteiger partial charge in [-0.15, -0.1) is 4.72 Å². The number of nitrogens with zero attached hydrogens (tertiary/aromatic N) is 1. The Kier molecular flexibility index (Phi) is 9.69. The number of hydrogen-bond donors (Lipinski definition) is 2. The minimum atomic E-state index is -4.44. The van der Waals surface area contributed by atoms with Crippen molar-refractivity contribution in [2.75, 3.05) is 6.54 Å². The third kappa shape index (κ3) is 6.99. The number of carboxylic acid groups (broad SMARTS) is 1. The Hall–Kier alpha value is -2.79. The maximum absolute atomic E-state index is 15.3. The second kappa shape index (κ2) is 12.4. The largest absolute Gasteiger partial charge is 0.476 e. The van der Waals surface area contributed by atoms with Crippen molar-refractivity contribution in [1.29, 1.82) is 0 Å². The molecule has 45 heavy (non-hydrogen) atoms. The average Bonchev–Trinajstić information content (AvgIpc) is 3.01. The number of carbonyl (C=O) groups excluding carboxylic acids is 1. The van der Waals surface area contributed by atoms with E-state index in [2.05, 4.69) is 4.72 Å². The second-order valence-electron chi connectivity index (χ2n) is 14.0. The zero-order chi connectivity index (χ0) is 33.7. The van der Waals surface area contributed by atoms with E-state index >= 15 is 4.79 Å². The van der Waals surface area contributed by atoms with Crippen LogP contribution in [0.15, 0.2) is 65.6 Å². The van der Waals surface area contributed by atoms with Crippen molar-refractivity contribution in [3.63, 3.8) is 0 Å². The molecule has 1 heterocycles. The number of amides is 1. The molecular formula is C34H41Cl2N2O6S+. The van der Waals surface area contributed by atoms with Gasteiger partial charge in [0.2, 0.25) is 10.0 Å². The quantitative estimate of drug-likeness (QED) is 0.252. The minimum Gasteiger partial charge on any atom is -0.476 e. The van der Waals surface area contributed by atoms with E-state index in [9.17, 15) is 18.3 Å². The fourth-order valence-electron chi connectivity index (χ4n) is 5.89. The molecule has 3 aromatic rings. The molecule has 0 spiro atoms. The molecule has 1 amide bonds. The monoisotopic (exact) mass is 675 g/mol. The van der Waals surface area contributed by atoms with Crippen LogP contribution in [-0.4, -0.2) is 44.2 Å². The van der Waals surface area contributed by atoms with Crippen LogP contribution in [-0.2, 0) is 24.3 Å². The summed E-state index contributed by atoms with van der Waals surface area (Å²) in [5, 5.41) is 11.6. The molecule has 0 aromatic heterocycles. The third-order valence-corrected chi connectivity index (χ3v) is 10.0. The van der Waals surface area contributed by atoms with Gasteiger partial charge in [0.1, 0.15) is 11.8 Å². The summed E-state index contributed by atoms with van der Waals surface area (Å²) in [6, 6.07) is 16.4. The molecule has 0 saturated carbocycles. The van der Waals surface area contributed by atoms with Crippen LogP contribution in [0.2, 0.25) is 10.0 Å². The number of ether oxygens (including phenoxy) is 1. The Labute approximate surface area is 275 Å². The van der Waals surface area contributed by atoms with Crippen LogP contribution in [0, 0.1) is 24.7 Å². The number of nitrogens with one attached hydrogen (secondary N) is 1. The standard InChI is InChI=1S/C34H40Cl2N2O6S/c1-20-13-15-23(17-21(20)2)45(42,43)37-30(32(40)41)38(19-33(3,4)5)27-16-14-22(35)18-25(27)28(24-11-9-10-12-26(24)36)44-29(31(38)39)34(6,7)8/h9-18,28-30,37H,19H2,1-8H3/p+1/t28-,29+,30?,38?/m0/s1. The van der Waals surface area contributed by atoms with Gasteiger partial charge in [-0.05, 0) is 55.3 Å². The summed E-state index contributed by atoms with van der Waals surface area (Å²) < 4.78 is 36.2. The van der Waals surface area contributed by atoms with E-state index in [1.54, 1.807) is 55.5 Å². The van der Waals surface area contributed by atoms with Gasteiger partial charge in [-0.2, -0.15) is 0 Å². The molecule has 0 saturated heterocycles. The van der Waals surface area contributed by atoms with E-state index in [4.69, 9.17) is 27.9 Å². The van der Waals surface area contributed by atoms with E-state index < -0.39 is 55.6 Å². The molecule has 0 aliphatic carbocycles. The number of carboxylic acids is 1. The first-order chi connectivity index (χ1) is 20.7. The SMILES string of the molecule is Cc1ccc(S(=O)(=O)NC(C(=O)O)[N+]2(CC(C)(C)C)C(=O)[C@H](C(C)(C)C)O[C@@H](c3ccccc3Cl)c3cc(Cl)ccc32)cc1C. The van der Waals surface area contributed by atoms with Crippen molar-refractivity contribution in [3.8, 4) is 0 Å². The van der Waals surface area contributed by atoms with E-state index in [0.29, 0.717) is 21.2 Å². The number of quaternary nitrogens is 1. The molecule has 4 atom stereocenters. The lowest BCUT2D eigenvalue weighted by Gasteiger charge is -2.45. The van der Waals surface area contributed by atoms with Crippen LogP contribution in [0.5, 0.6) is 0 Å². The van der Waals surface area contributed by atoms with Gasteiger partial charge in [-0.1, -0.05) is 89.0 Å². The molecule has 2 N–H and O–H groups in total. The first-order valence-electron chi connectivity index (χ1n) is 14.6. The number of fused-ring (bicyclic) bond motifs is 1. The van der Waals surface area contributed by atoms with E-state index in [-0.39, 0.29) is 17.1 Å². The maximum Gasteiger partial charge on any atom is 0.381 e. The number of halogens is 2.